The molecule has 0 bridgehead atoms. The summed E-state index contributed by atoms with van der Waals surface area (Å²) in [5.41, 5.74) is -0.383. The van der Waals surface area contributed by atoms with E-state index in [9.17, 15) is 9.18 Å². The summed E-state index contributed by atoms with van der Waals surface area (Å²) in [7, 11) is 1.53. The second-order valence-electron chi connectivity index (χ2n) is 4.24. The number of rotatable bonds is 6. The lowest BCUT2D eigenvalue weighted by atomic mass is 9.88. The van der Waals surface area contributed by atoms with Crippen molar-refractivity contribution < 1.29 is 13.9 Å². The summed E-state index contributed by atoms with van der Waals surface area (Å²) in [6, 6.07) is 4.73. The minimum atomic E-state index is -0.792. The molecule has 0 N–H and O–H groups in total. The van der Waals surface area contributed by atoms with E-state index in [-0.39, 0.29) is 18.0 Å². The second kappa shape index (κ2) is 6.43. The maximum absolute atomic E-state index is 13.7. The number of methoxy groups -OCH3 is 1. The first kappa shape index (κ1) is 15.3. The van der Waals surface area contributed by atoms with Gasteiger partial charge in [-0.25, -0.2) is 4.39 Å². The van der Waals surface area contributed by atoms with Crippen molar-refractivity contribution in [3.63, 3.8) is 0 Å². The summed E-state index contributed by atoms with van der Waals surface area (Å²) in [5.74, 6) is -0.439. The molecule has 4 heteroatoms. The molecule has 0 saturated carbocycles. The van der Waals surface area contributed by atoms with Gasteiger partial charge in [0.1, 0.15) is 11.4 Å². The molecule has 0 amide bonds. The molecule has 2 nitrogen and oxygen atoms in total. The van der Waals surface area contributed by atoms with E-state index in [1.165, 1.54) is 13.2 Å². The van der Waals surface area contributed by atoms with E-state index in [0.717, 1.165) is 0 Å². The number of benzene rings is 1. The Kier molecular flexibility index (Phi) is 5.47. The van der Waals surface area contributed by atoms with Gasteiger partial charge in [0.15, 0.2) is 5.78 Å². The van der Waals surface area contributed by atoms with Crippen LogP contribution in [-0.4, -0.2) is 18.5 Å². The number of carbonyl (C=O) groups excluding carboxylic acids is 1. The smallest absolute Gasteiger partial charge is 0.169 e. The highest BCUT2D eigenvalue weighted by atomic mass is 79.9. The molecule has 1 aromatic rings. The van der Waals surface area contributed by atoms with Crippen molar-refractivity contribution in [1.29, 1.82) is 0 Å². The van der Waals surface area contributed by atoms with Crippen LogP contribution in [0.15, 0.2) is 22.7 Å². The van der Waals surface area contributed by atoms with Crippen LogP contribution in [0.5, 0.6) is 0 Å². The number of carbonyl (C=O) groups is 1. The highest BCUT2D eigenvalue weighted by molar-refractivity contribution is 9.10. The lowest BCUT2D eigenvalue weighted by Gasteiger charge is -2.28. The second-order valence-corrected chi connectivity index (χ2v) is 5.16. The third kappa shape index (κ3) is 3.18. The molecule has 0 atom stereocenters. The van der Waals surface area contributed by atoms with Gasteiger partial charge in [-0.15, -0.1) is 0 Å². The molecular weight excluding hydrogens is 299 g/mol. The molecule has 1 aromatic carbocycles. The molecule has 0 spiro atoms. The molecule has 0 aliphatic carbocycles. The van der Waals surface area contributed by atoms with Gasteiger partial charge in [0, 0.05) is 18.0 Å². The summed E-state index contributed by atoms with van der Waals surface area (Å²) >= 11 is 3.19. The van der Waals surface area contributed by atoms with Crippen molar-refractivity contribution in [2.24, 2.45) is 0 Å². The Morgan fingerprint density at radius 2 is 2.00 bits per heavy atom. The number of ether oxygens (including phenoxy) is 1. The Labute approximate surface area is 116 Å². The molecule has 0 aliphatic rings. The van der Waals surface area contributed by atoms with Gasteiger partial charge < -0.3 is 4.74 Å². The maximum atomic E-state index is 13.7. The average molecular weight is 317 g/mol. The van der Waals surface area contributed by atoms with Crippen LogP contribution >= 0.6 is 15.9 Å². The first-order chi connectivity index (χ1) is 8.49. The van der Waals surface area contributed by atoms with Gasteiger partial charge in [0.25, 0.3) is 0 Å². The summed E-state index contributed by atoms with van der Waals surface area (Å²) in [6.45, 7) is 3.81. The van der Waals surface area contributed by atoms with Crippen LogP contribution < -0.4 is 0 Å². The van der Waals surface area contributed by atoms with Crippen molar-refractivity contribution in [3.05, 3.63) is 34.1 Å². The van der Waals surface area contributed by atoms with Gasteiger partial charge in [-0.3, -0.25) is 4.79 Å². The van der Waals surface area contributed by atoms with Crippen molar-refractivity contribution in [2.45, 2.75) is 38.7 Å². The zero-order valence-electron chi connectivity index (χ0n) is 10.9. The third-order valence-electron chi connectivity index (χ3n) is 3.41. The lowest BCUT2D eigenvalue weighted by molar-refractivity contribution is -0.141. The quantitative estimate of drug-likeness (QED) is 0.795. The summed E-state index contributed by atoms with van der Waals surface area (Å²) < 4.78 is 19.7. The standard InChI is InChI=1S/C14H18BrFO2/c1-4-14(5-2,18-3)13(17)8-10-6-7-11(15)9-12(10)16/h6-7,9H,4-5,8H2,1-3H3. The zero-order valence-corrected chi connectivity index (χ0v) is 12.5. The van der Waals surface area contributed by atoms with E-state index in [2.05, 4.69) is 15.9 Å². The minimum Gasteiger partial charge on any atom is -0.370 e. The fraction of sp³-hybridized carbons (Fsp3) is 0.500. The largest absolute Gasteiger partial charge is 0.370 e. The third-order valence-corrected chi connectivity index (χ3v) is 3.90. The number of ketones is 1. The summed E-state index contributed by atoms with van der Waals surface area (Å²) in [5, 5.41) is 0. The number of hydrogen-bond donors (Lipinski definition) is 0. The predicted molar refractivity (Wildman–Crippen MR) is 73.1 cm³/mol. The van der Waals surface area contributed by atoms with Crippen LogP contribution in [0.4, 0.5) is 4.39 Å². The lowest BCUT2D eigenvalue weighted by Crippen LogP contribution is -2.40. The molecule has 0 unspecified atom stereocenters. The molecule has 100 valence electrons. The van der Waals surface area contributed by atoms with Crippen LogP contribution in [0, 0.1) is 5.82 Å². The molecule has 0 heterocycles. The first-order valence-corrected chi connectivity index (χ1v) is 6.80. The van der Waals surface area contributed by atoms with E-state index < -0.39 is 5.60 Å². The number of halogens is 2. The normalized spacial score (nSPS) is 11.6. The molecule has 0 aromatic heterocycles. The van der Waals surface area contributed by atoms with Crippen LogP contribution in [0.1, 0.15) is 32.3 Å². The fourth-order valence-electron chi connectivity index (χ4n) is 2.05. The van der Waals surface area contributed by atoms with E-state index in [4.69, 9.17) is 4.74 Å². The number of Topliss-reactive ketones (excluding diaryl/α,β-unsaturated/α-hetero) is 1. The van der Waals surface area contributed by atoms with Gasteiger partial charge in [-0.1, -0.05) is 35.8 Å². The van der Waals surface area contributed by atoms with Gasteiger partial charge >= 0.3 is 0 Å². The Morgan fingerprint density at radius 1 is 1.39 bits per heavy atom. The maximum Gasteiger partial charge on any atom is 0.169 e. The van der Waals surface area contributed by atoms with E-state index >= 15 is 0 Å². The molecule has 0 aliphatic heterocycles. The van der Waals surface area contributed by atoms with E-state index in [1.807, 2.05) is 13.8 Å². The monoisotopic (exact) mass is 316 g/mol. The molecule has 0 saturated heterocycles. The molecule has 0 fully saturated rings. The highest BCUT2D eigenvalue weighted by Gasteiger charge is 2.34. The van der Waals surface area contributed by atoms with Crippen LogP contribution in [0.3, 0.4) is 0 Å². The minimum absolute atomic E-state index is 0.0641. The highest BCUT2D eigenvalue weighted by Crippen LogP contribution is 2.24. The van der Waals surface area contributed by atoms with Crippen molar-refractivity contribution in [3.8, 4) is 0 Å². The van der Waals surface area contributed by atoms with Crippen molar-refractivity contribution in [1.82, 2.24) is 0 Å². The topological polar surface area (TPSA) is 26.3 Å². The van der Waals surface area contributed by atoms with Crippen LogP contribution in [0.25, 0.3) is 0 Å². The first-order valence-electron chi connectivity index (χ1n) is 6.01. The van der Waals surface area contributed by atoms with Crippen LogP contribution in [0.2, 0.25) is 0 Å². The Morgan fingerprint density at radius 3 is 2.44 bits per heavy atom. The Hall–Kier alpha value is -0.740. The van der Waals surface area contributed by atoms with E-state index in [1.54, 1.807) is 12.1 Å². The predicted octanol–water partition coefficient (Wildman–Crippen LogP) is 3.91. The van der Waals surface area contributed by atoms with Gasteiger partial charge in [-0.05, 0) is 30.5 Å². The molecule has 1 rings (SSSR count). The molecule has 0 radical (unpaired) electrons. The van der Waals surface area contributed by atoms with Gasteiger partial charge in [0.05, 0.1) is 0 Å². The Bertz CT molecular complexity index is 420. The summed E-state index contributed by atoms with van der Waals surface area (Å²) in [6.07, 6.45) is 1.25. The Balaban J connectivity index is 2.93. The van der Waals surface area contributed by atoms with Crippen molar-refractivity contribution in [2.75, 3.05) is 7.11 Å². The van der Waals surface area contributed by atoms with Crippen LogP contribution in [-0.2, 0) is 16.0 Å². The van der Waals surface area contributed by atoms with Crippen molar-refractivity contribution >= 4 is 21.7 Å². The average Bonchev–Trinajstić information content (AvgIpc) is 2.36. The number of hydrogen-bond acceptors (Lipinski definition) is 2. The SMILES string of the molecule is CCC(CC)(OC)C(=O)Cc1ccc(Br)cc1F. The molecular formula is C14H18BrFO2. The van der Waals surface area contributed by atoms with Gasteiger partial charge in [-0.2, -0.15) is 0 Å². The van der Waals surface area contributed by atoms with E-state index in [0.29, 0.717) is 22.9 Å². The fourth-order valence-corrected chi connectivity index (χ4v) is 2.38. The zero-order chi connectivity index (χ0) is 13.8. The summed E-state index contributed by atoms with van der Waals surface area (Å²) in [4.78, 5) is 12.3. The van der Waals surface area contributed by atoms with Gasteiger partial charge in [0.2, 0.25) is 0 Å². The molecule has 18 heavy (non-hydrogen) atoms.